The Morgan fingerprint density at radius 2 is 1.64 bits per heavy atom. The number of aryl methyl sites for hydroxylation is 1. The molecule has 0 amide bonds. The van der Waals surface area contributed by atoms with E-state index in [0.717, 1.165) is 17.8 Å². The number of aromatic nitrogens is 2. The zero-order chi connectivity index (χ0) is 19.0. The largest absolute Gasteiger partial charge is 0.416 e. The van der Waals surface area contributed by atoms with Crippen molar-refractivity contribution in [2.75, 3.05) is 0 Å². The van der Waals surface area contributed by atoms with E-state index in [1.807, 2.05) is 13.1 Å². The third-order valence-corrected chi connectivity index (χ3v) is 9.35. The number of alkyl halides is 3. The third-order valence-electron chi connectivity index (χ3n) is 4.87. The van der Waals surface area contributed by atoms with Crippen LogP contribution in [-0.4, -0.2) is 18.1 Å². The number of nitrogens with zero attached hydrogens (tertiary/aromatic N) is 2. The normalized spacial score (nSPS) is 13.3. The van der Waals surface area contributed by atoms with Gasteiger partial charge < -0.3 is 4.43 Å². The van der Waals surface area contributed by atoms with E-state index in [1.54, 1.807) is 4.68 Å². The molecular weight excluding hydrogens is 345 g/mol. The van der Waals surface area contributed by atoms with E-state index in [-0.39, 0.29) is 5.04 Å². The van der Waals surface area contributed by atoms with Crippen molar-refractivity contribution >= 4 is 8.32 Å². The minimum Gasteiger partial charge on any atom is -0.411 e. The van der Waals surface area contributed by atoms with Gasteiger partial charge in [-0.05, 0) is 36.3 Å². The van der Waals surface area contributed by atoms with E-state index in [0.29, 0.717) is 17.9 Å². The van der Waals surface area contributed by atoms with Crippen molar-refractivity contribution in [2.45, 2.75) is 51.7 Å². The molecule has 0 saturated carbocycles. The fourth-order valence-electron chi connectivity index (χ4n) is 2.08. The summed E-state index contributed by atoms with van der Waals surface area (Å²) in [5, 5.41) is 4.52. The van der Waals surface area contributed by atoms with Gasteiger partial charge in [-0.25, -0.2) is 0 Å². The highest BCUT2D eigenvalue weighted by molar-refractivity contribution is 6.74. The third kappa shape index (κ3) is 4.52. The molecule has 0 aliphatic heterocycles. The first-order valence-electron chi connectivity index (χ1n) is 8.16. The highest BCUT2D eigenvalue weighted by Crippen LogP contribution is 2.37. The SMILES string of the molecule is Cn1nc(-c2ccc(C(F)(F)F)cc2)cc1CO[Si](C)(C)C(C)(C)C. The molecule has 3 nitrogen and oxygen atoms in total. The predicted molar refractivity (Wildman–Crippen MR) is 95.6 cm³/mol. The van der Waals surface area contributed by atoms with Crippen LogP contribution in [0, 0.1) is 0 Å². The van der Waals surface area contributed by atoms with Gasteiger partial charge in [-0.15, -0.1) is 0 Å². The van der Waals surface area contributed by atoms with Gasteiger partial charge in [0.25, 0.3) is 0 Å². The van der Waals surface area contributed by atoms with E-state index in [1.165, 1.54) is 12.1 Å². The minimum atomic E-state index is -4.33. The summed E-state index contributed by atoms with van der Waals surface area (Å²) in [5.74, 6) is 0. The van der Waals surface area contributed by atoms with Crippen molar-refractivity contribution < 1.29 is 17.6 Å². The highest BCUT2D eigenvalue weighted by Gasteiger charge is 2.37. The van der Waals surface area contributed by atoms with Gasteiger partial charge in [-0.2, -0.15) is 18.3 Å². The molecule has 0 bridgehead atoms. The van der Waals surface area contributed by atoms with Gasteiger partial charge in [0.1, 0.15) is 0 Å². The van der Waals surface area contributed by atoms with Crippen molar-refractivity contribution in [3.05, 3.63) is 41.6 Å². The van der Waals surface area contributed by atoms with Crippen LogP contribution in [0.15, 0.2) is 30.3 Å². The van der Waals surface area contributed by atoms with Gasteiger partial charge in [0.2, 0.25) is 0 Å². The van der Waals surface area contributed by atoms with Crippen molar-refractivity contribution in [1.29, 1.82) is 0 Å². The molecule has 25 heavy (non-hydrogen) atoms. The zero-order valence-electron chi connectivity index (χ0n) is 15.5. The molecule has 2 rings (SSSR count). The van der Waals surface area contributed by atoms with Crippen molar-refractivity contribution in [1.82, 2.24) is 9.78 Å². The molecule has 138 valence electrons. The lowest BCUT2D eigenvalue weighted by Crippen LogP contribution is -2.40. The topological polar surface area (TPSA) is 27.1 Å². The average molecular weight is 370 g/mol. The Hall–Kier alpha value is -1.60. The van der Waals surface area contributed by atoms with E-state index < -0.39 is 20.1 Å². The highest BCUT2D eigenvalue weighted by atomic mass is 28.4. The first-order valence-corrected chi connectivity index (χ1v) is 11.1. The lowest BCUT2D eigenvalue weighted by atomic mass is 10.1. The van der Waals surface area contributed by atoms with E-state index >= 15 is 0 Å². The van der Waals surface area contributed by atoms with Crippen LogP contribution in [0.3, 0.4) is 0 Å². The maximum atomic E-state index is 12.7. The van der Waals surface area contributed by atoms with Crippen LogP contribution >= 0.6 is 0 Å². The smallest absolute Gasteiger partial charge is 0.411 e. The second-order valence-electron chi connectivity index (χ2n) is 7.77. The molecule has 1 aromatic carbocycles. The summed E-state index contributed by atoms with van der Waals surface area (Å²) in [6.07, 6.45) is -4.33. The van der Waals surface area contributed by atoms with Crippen LogP contribution < -0.4 is 0 Å². The van der Waals surface area contributed by atoms with Gasteiger partial charge >= 0.3 is 6.18 Å². The number of halogens is 3. The Morgan fingerprint density at radius 3 is 2.12 bits per heavy atom. The number of hydrogen-bond acceptors (Lipinski definition) is 2. The molecule has 2 aromatic rings. The number of benzene rings is 1. The molecule has 0 aliphatic rings. The molecule has 0 fully saturated rings. The van der Waals surface area contributed by atoms with Crippen molar-refractivity contribution in [3.63, 3.8) is 0 Å². The lowest BCUT2D eigenvalue weighted by molar-refractivity contribution is -0.137. The molecule has 0 atom stereocenters. The van der Waals surface area contributed by atoms with Gasteiger partial charge in [0.05, 0.1) is 23.6 Å². The second-order valence-corrected chi connectivity index (χ2v) is 12.6. The van der Waals surface area contributed by atoms with Crippen LogP contribution in [0.5, 0.6) is 0 Å². The van der Waals surface area contributed by atoms with E-state index in [9.17, 15) is 13.2 Å². The van der Waals surface area contributed by atoms with Crippen LogP contribution in [0.25, 0.3) is 11.3 Å². The van der Waals surface area contributed by atoms with Crippen LogP contribution in [0.1, 0.15) is 32.0 Å². The van der Waals surface area contributed by atoms with Gasteiger partial charge in [-0.1, -0.05) is 32.9 Å². The van der Waals surface area contributed by atoms with Crippen LogP contribution in [0.2, 0.25) is 18.1 Å². The summed E-state index contributed by atoms with van der Waals surface area (Å²) in [6.45, 7) is 11.3. The molecule has 0 saturated heterocycles. The van der Waals surface area contributed by atoms with Crippen molar-refractivity contribution in [2.24, 2.45) is 7.05 Å². The van der Waals surface area contributed by atoms with E-state index in [4.69, 9.17) is 4.43 Å². The average Bonchev–Trinajstić information content (AvgIpc) is 2.84. The molecular formula is C18H25F3N2OSi. The molecule has 0 spiro atoms. The predicted octanol–water partition coefficient (Wildman–Crippen LogP) is 5.63. The zero-order valence-corrected chi connectivity index (χ0v) is 16.5. The Morgan fingerprint density at radius 1 is 1.08 bits per heavy atom. The van der Waals surface area contributed by atoms with Gasteiger partial charge in [0, 0.05) is 12.6 Å². The molecule has 0 N–H and O–H groups in total. The molecule has 1 aromatic heterocycles. The first kappa shape index (κ1) is 19.7. The second kappa shape index (κ2) is 6.61. The molecule has 0 radical (unpaired) electrons. The van der Waals surface area contributed by atoms with Gasteiger partial charge in [-0.3, -0.25) is 4.68 Å². The Kier molecular flexibility index (Phi) is 5.21. The fourth-order valence-corrected chi connectivity index (χ4v) is 3.02. The van der Waals surface area contributed by atoms with Crippen LogP contribution in [-0.2, 0) is 24.3 Å². The Labute approximate surface area is 147 Å². The summed E-state index contributed by atoms with van der Waals surface area (Å²) in [5.41, 5.74) is 1.54. The lowest BCUT2D eigenvalue weighted by Gasteiger charge is -2.36. The molecule has 1 heterocycles. The summed E-state index contributed by atoms with van der Waals surface area (Å²) < 4.78 is 45.9. The van der Waals surface area contributed by atoms with E-state index in [2.05, 4.69) is 39.0 Å². The maximum absolute atomic E-state index is 12.7. The summed E-state index contributed by atoms with van der Waals surface area (Å²) >= 11 is 0. The van der Waals surface area contributed by atoms with Crippen molar-refractivity contribution in [3.8, 4) is 11.3 Å². The number of rotatable bonds is 4. The Balaban J connectivity index is 2.17. The summed E-state index contributed by atoms with van der Waals surface area (Å²) in [7, 11) is -0.0578. The van der Waals surface area contributed by atoms with Gasteiger partial charge in [0.15, 0.2) is 8.32 Å². The summed E-state index contributed by atoms with van der Waals surface area (Å²) in [6, 6.07) is 6.93. The first-order chi connectivity index (χ1) is 11.3. The van der Waals surface area contributed by atoms with Crippen LogP contribution in [0.4, 0.5) is 13.2 Å². The standard InChI is InChI=1S/C18H25F3N2OSi/c1-17(2,3)25(5,6)24-12-15-11-16(22-23(15)4)13-7-9-14(10-8-13)18(19,20)21/h7-11H,12H2,1-6H3. The minimum absolute atomic E-state index is 0.113. The summed E-state index contributed by atoms with van der Waals surface area (Å²) in [4.78, 5) is 0. The monoisotopic (exact) mass is 370 g/mol. The molecule has 0 aliphatic carbocycles. The Bertz CT molecular complexity index is 728. The fraction of sp³-hybridized carbons (Fsp3) is 0.500. The molecule has 0 unspecified atom stereocenters. The maximum Gasteiger partial charge on any atom is 0.416 e. The molecule has 7 heteroatoms. The number of hydrogen-bond donors (Lipinski definition) is 0. The quantitative estimate of drug-likeness (QED) is 0.652.